The third kappa shape index (κ3) is 2.59. The number of halogens is 2. The molecule has 0 unspecified atom stereocenters. The third-order valence-corrected chi connectivity index (χ3v) is 3.44. The van der Waals surface area contributed by atoms with Gasteiger partial charge in [-0.3, -0.25) is 0 Å². The van der Waals surface area contributed by atoms with Crippen molar-refractivity contribution < 1.29 is 17.2 Å². The molecule has 82 valence electrons. The zero-order valence-electron chi connectivity index (χ0n) is 7.65. The molecule has 0 bridgehead atoms. The smallest absolute Gasteiger partial charge is 0.306 e. The van der Waals surface area contributed by atoms with Gasteiger partial charge in [-0.05, 0) is 5.56 Å². The molecule has 3 nitrogen and oxygen atoms in total. The van der Waals surface area contributed by atoms with Crippen molar-refractivity contribution in [1.29, 1.82) is 5.41 Å². The molecule has 6 heteroatoms. The van der Waals surface area contributed by atoms with Gasteiger partial charge in [0.1, 0.15) is 0 Å². The van der Waals surface area contributed by atoms with Crippen LogP contribution in [0, 0.1) is 5.41 Å². The summed E-state index contributed by atoms with van der Waals surface area (Å²) in [6.07, 6.45) is -0.356. The van der Waals surface area contributed by atoms with Gasteiger partial charge in [-0.15, -0.1) is 0 Å². The SMILES string of the molecule is N=CC(F)(F)S(=O)(=O)Cc1ccccc1. The van der Waals surface area contributed by atoms with Gasteiger partial charge in [0, 0.05) is 0 Å². The first-order valence-electron chi connectivity index (χ1n) is 4.05. The van der Waals surface area contributed by atoms with Gasteiger partial charge in [0.25, 0.3) is 0 Å². The minimum atomic E-state index is -4.64. The second-order valence-electron chi connectivity index (χ2n) is 2.95. The fraction of sp³-hybridized carbons (Fsp3) is 0.222. The number of nitrogens with one attached hydrogen (secondary N) is 1. The van der Waals surface area contributed by atoms with Gasteiger partial charge < -0.3 is 5.41 Å². The second-order valence-corrected chi connectivity index (χ2v) is 5.01. The van der Waals surface area contributed by atoms with E-state index < -0.39 is 20.8 Å². The van der Waals surface area contributed by atoms with E-state index in [9.17, 15) is 17.2 Å². The summed E-state index contributed by atoms with van der Waals surface area (Å²) in [5.74, 6) is -0.768. The molecule has 0 aliphatic heterocycles. The van der Waals surface area contributed by atoms with E-state index in [1.165, 1.54) is 12.1 Å². The molecule has 1 aromatic rings. The molecule has 0 fully saturated rings. The van der Waals surface area contributed by atoms with Crippen LogP contribution in [-0.4, -0.2) is 19.9 Å². The molecule has 0 saturated heterocycles. The lowest BCUT2D eigenvalue weighted by Gasteiger charge is -2.11. The lowest BCUT2D eigenvalue weighted by atomic mass is 10.2. The molecule has 0 amide bonds. The zero-order chi connectivity index (χ0) is 11.5. The van der Waals surface area contributed by atoms with E-state index in [1.54, 1.807) is 18.2 Å². The highest BCUT2D eigenvalue weighted by molar-refractivity contribution is 7.92. The van der Waals surface area contributed by atoms with Crippen LogP contribution in [0.3, 0.4) is 0 Å². The Morgan fingerprint density at radius 3 is 2.27 bits per heavy atom. The molecule has 1 N–H and O–H groups in total. The van der Waals surface area contributed by atoms with Crippen molar-refractivity contribution in [3.63, 3.8) is 0 Å². The van der Waals surface area contributed by atoms with Crippen LogP contribution in [0.2, 0.25) is 0 Å². The molecule has 15 heavy (non-hydrogen) atoms. The van der Waals surface area contributed by atoms with Crippen LogP contribution < -0.4 is 0 Å². The Labute approximate surface area is 86.2 Å². The fourth-order valence-corrected chi connectivity index (χ4v) is 1.98. The summed E-state index contributed by atoms with van der Waals surface area (Å²) < 4.78 is 47.9. The summed E-state index contributed by atoms with van der Waals surface area (Å²) in [5, 5.41) is 2.28. The second kappa shape index (κ2) is 4.06. The Morgan fingerprint density at radius 2 is 1.80 bits per heavy atom. The molecule has 0 aliphatic carbocycles. The van der Waals surface area contributed by atoms with Crippen molar-refractivity contribution in [2.24, 2.45) is 0 Å². The van der Waals surface area contributed by atoms with Gasteiger partial charge in [0.15, 0.2) is 0 Å². The number of benzene rings is 1. The van der Waals surface area contributed by atoms with Crippen LogP contribution in [0.1, 0.15) is 5.56 Å². The molecule has 0 aliphatic rings. The van der Waals surface area contributed by atoms with Crippen molar-refractivity contribution in [3.8, 4) is 0 Å². The summed E-state index contributed by atoms with van der Waals surface area (Å²) in [6.45, 7) is 0. The number of rotatable bonds is 4. The van der Waals surface area contributed by atoms with Gasteiger partial charge in [0.2, 0.25) is 9.84 Å². The third-order valence-electron chi connectivity index (χ3n) is 1.78. The van der Waals surface area contributed by atoms with Gasteiger partial charge in [0.05, 0.1) is 12.0 Å². The van der Waals surface area contributed by atoms with Crippen molar-refractivity contribution in [3.05, 3.63) is 35.9 Å². The molecule has 0 aromatic heterocycles. The summed E-state index contributed by atoms with van der Waals surface area (Å²) >= 11 is 0. The molecule has 1 aromatic carbocycles. The minimum Gasteiger partial charge on any atom is -0.306 e. The molecule has 1 rings (SSSR count). The topological polar surface area (TPSA) is 58.0 Å². The highest BCUT2D eigenvalue weighted by Crippen LogP contribution is 2.23. The normalized spacial score (nSPS) is 12.4. The first-order chi connectivity index (χ1) is 6.89. The fourth-order valence-electron chi connectivity index (χ4n) is 0.980. The average molecular weight is 233 g/mol. The predicted octanol–water partition coefficient (Wildman–Crippen LogP) is 1.84. The van der Waals surface area contributed by atoms with Crippen molar-refractivity contribution in [2.75, 3.05) is 0 Å². The lowest BCUT2D eigenvalue weighted by Crippen LogP contribution is -2.31. The molecule has 0 heterocycles. The highest BCUT2D eigenvalue weighted by atomic mass is 32.2. The van der Waals surface area contributed by atoms with Crippen molar-refractivity contribution in [2.45, 2.75) is 11.0 Å². The van der Waals surface area contributed by atoms with Crippen LogP contribution in [0.4, 0.5) is 8.78 Å². The molecule has 0 radical (unpaired) electrons. The first kappa shape index (κ1) is 11.8. The highest BCUT2D eigenvalue weighted by Gasteiger charge is 2.42. The monoisotopic (exact) mass is 233 g/mol. The largest absolute Gasteiger partial charge is 0.380 e. The van der Waals surface area contributed by atoms with Gasteiger partial charge in [-0.2, -0.15) is 8.78 Å². The molecule has 0 spiro atoms. The van der Waals surface area contributed by atoms with E-state index in [0.717, 1.165) is 0 Å². The van der Waals surface area contributed by atoms with Crippen LogP contribution >= 0.6 is 0 Å². The molecule has 0 saturated carbocycles. The number of alkyl halides is 2. The summed E-state index contributed by atoms with van der Waals surface area (Å²) in [4.78, 5) is 0. The Hall–Kier alpha value is -1.30. The van der Waals surface area contributed by atoms with Crippen LogP contribution in [-0.2, 0) is 15.6 Å². The summed E-state index contributed by atoms with van der Waals surface area (Å²) in [6, 6.07) is 7.67. The first-order valence-corrected chi connectivity index (χ1v) is 5.70. The number of hydrogen-bond acceptors (Lipinski definition) is 3. The molecule has 0 atom stereocenters. The lowest BCUT2D eigenvalue weighted by molar-refractivity contribution is 0.173. The zero-order valence-corrected chi connectivity index (χ0v) is 8.47. The van der Waals surface area contributed by atoms with Gasteiger partial charge >= 0.3 is 5.25 Å². The maximum absolute atomic E-state index is 12.8. The molecular formula is C9H9F2NO2S. The van der Waals surface area contributed by atoms with Crippen molar-refractivity contribution >= 4 is 16.1 Å². The van der Waals surface area contributed by atoms with E-state index in [-0.39, 0.29) is 11.8 Å². The van der Waals surface area contributed by atoms with Gasteiger partial charge in [-0.25, -0.2) is 8.42 Å². The number of hydrogen-bond donors (Lipinski definition) is 1. The summed E-state index contributed by atoms with van der Waals surface area (Å²) in [5.41, 5.74) is 0.277. The van der Waals surface area contributed by atoms with E-state index in [0.29, 0.717) is 0 Å². The average Bonchev–Trinajstić information content (AvgIpc) is 2.18. The van der Waals surface area contributed by atoms with Crippen molar-refractivity contribution in [1.82, 2.24) is 0 Å². The Morgan fingerprint density at radius 1 is 1.27 bits per heavy atom. The van der Waals surface area contributed by atoms with E-state index in [1.807, 2.05) is 0 Å². The Kier molecular flexibility index (Phi) is 3.18. The minimum absolute atomic E-state index is 0.277. The Bertz CT molecular complexity index is 442. The summed E-state index contributed by atoms with van der Waals surface area (Å²) in [7, 11) is -4.64. The quantitative estimate of drug-likeness (QED) is 0.807. The number of sulfone groups is 1. The maximum atomic E-state index is 12.8. The van der Waals surface area contributed by atoms with E-state index >= 15 is 0 Å². The van der Waals surface area contributed by atoms with E-state index in [4.69, 9.17) is 5.41 Å². The van der Waals surface area contributed by atoms with E-state index in [2.05, 4.69) is 0 Å². The Balaban J connectivity index is 2.97. The van der Waals surface area contributed by atoms with Crippen LogP contribution in [0.25, 0.3) is 0 Å². The maximum Gasteiger partial charge on any atom is 0.380 e. The van der Waals surface area contributed by atoms with Gasteiger partial charge in [-0.1, -0.05) is 30.3 Å². The molecular weight excluding hydrogens is 224 g/mol. The standard InChI is InChI=1S/C9H9F2NO2S/c10-9(11,7-12)15(13,14)6-8-4-2-1-3-5-8/h1-5,7,12H,6H2. The van der Waals surface area contributed by atoms with Crippen LogP contribution in [0.5, 0.6) is 0 Å². The van der Waals surface area contributed by atoms with Crippen LogP contribution in [0.15, 0.2) is 30.3 Å². The predicted molar refractivity (Wildman–Crippen MR) is 52.8 cm³/mol.